The van der Waals surface area contributed by atoms with Crippen molar-refractivity contribution in [2.24, 2.45) is 0 Å². The number of nitrogens with zero attached hydrogens (tertiary/aromatic N) is 1. The van der Waals surface area contributed by atoms with Gasteiger partial charge in [-0.05, 0) is 35.9 Å². The Labute approximate surface area is 163 Å². The molecule has 0 aromatic heterocycles. The molecular formula is C22H18ClNO3. The number of carbonyl (C=O) groups is 2. The van der Waals surface area contributed by atoms with Crippen LogP contribution in [0.25, 0.3) is 0 Å². The van der Waals surface area contributed by atoms with Gasteiger partial charge in [0.2, 0.25) is 5.91 Å². The van der Waals surface area contributed by atoms with Crippen LogP contribution in [0.2, 0.25) is 5.02 Å². The van der Waals surface area contributed by atoms with E-state index in [-0.39, 0.29) is 12.5 Å². The lowest BCUT2D eigenvalue weighted by molar-refractivity contribution is -0.126. The number of halogens is 1. The molecule has 0 spiro atoms. The smallest absolute Gasteiger partial charge is 0.264 e. The van der Waals surface area contributed by atoms with E-state index in [4.69, 9.17) is 16.3 Å². The number of carbonyl (C=O) groups excluding carboxylic acids is 2. The molecule has 27 heavy (non-hydrogen) atoms. The first-order valence-corrected chi connectivity index (χ1v) is 8.82. The minimum absolute atomic E-state index is 0.0908. The zero-order valence-electron chi connectivity index (χ0n) is 14.8. The standard InChI is InChI=1S/C22H18ClNO3/c1-16(25)24(15-17-9-5-7-13-20(17)23)22(26)19-12-6-8-14-21(19)27-18-10-3-2-4-11-18/h2-14H,15H2,1H3. The molecule has 0 radical (unpaired) electrons. The number of amides is 2. The second kappa shape index (κ2) is 8.52. The molecule has 0 aliphatic heterocycles. The van der Waals surface area contributed by atoms with Gasteiger partial charge in [0.05, 0.1) is 12.1 Å². The van der Waals surface area contributed by atoms with Gasteiger partial charge in [0.15, 0.2) is 0 Å². The molecule has 0 atom stereocenters. The Bertz CT molecular complexity index is 957. The fraction of sp³-hybridized carbons (Fsp3) is 0.0909. The summed E-state index contributed by atoms with van der Waals surface area (Å²) in [6.07, 6.45) is 0. The van der Waals surface area contributed by atoms with E-state index in [0.717, 1.165) is 4.90 Å². The van der Waals surface area contributed by atoms with Gasteiger partial charge in [-0.3, -0.25) is 14.5 Å². The fourth-order valence-corrected chi connectivity index (χ4v) is 2.81. The summed E-state index contributed by atoms with van der Waals surface area (Å²) in [5.74, 6) is 0.195. The number of hydrogen-bond acceptors (Lipinski definition) is 3. The molecule has 3 aromatic rings. The largest absolute Gasteiger partial charge is 0.457 e. The number of benzene rings is 3. The second-order valence-electron chi connectivity index (χ2n) is 5.91. The Balaban J connectivity index is 1.91. The van der Waals surface area contributed by atoms with Gasteiger partial charge in [-0.1, -0.05) is 60.1 Å². The van der Waals surface area contributed by atoms with Crippen molar-refractivity contribution in [3.8, 4) is 11.5 Å². The molecule has 136 valence electrons. The first kappa shape index (κ1) is 18.7. The molecule has 3 rings (SSSR count). The monoisotopic (exact) mass is 379 g/mol. The molecule has 0 saturated heterocycles. The molecule has 0 aliphatic carbocycles. The predicted octanol–water partition coefficient (Wildman–Crippen LogP) is 5.32. The van der Waals surface area contributed by atoms with E-state index in [1.54, 1.807) is 54.6 Å². The number of imide groups is 1. The third-order valence-corrected chi connectivity index (χ3v) is 4.37. The third kappa shape index (κ3) is 4.54. The SMILES string of the molecule is CC(=O)N(Cc1ccccc1Cl)C(=O)c1ccccc1Oc1ccccc1. The topological polar surface area (TPSA) is 46.6 Å². The second-order valence-corrected chi connectivity index (χ2v) is 6.32. The molecule has 0 saturated carbocycles. The maximum absolute atomic E-state index is 13.1. The van der Waals surface area contributed by atoms with Crippen molar-refractivity contribution in [2.45, 2.75) is 13.5 Å². The van der Waals surface area contributed by atoms with Crippen LogP contribution in [-0.2, 0) is 11.3 Å². The minimum Gasteiger partial charge on any atom is -0.457 e. The lowest BCUT2D eigenvalue weighted by Gasteiger charge is -2.21. The highest BCUT2D eigenvalue weighted by atomic mass is 35.5. The summed E-state index contributed by atoms with van der Waals surface area (Å²) >= 11 is 6.19. The average molecular weight is 380 g/mol. The molecule has 0 bridgehead atoms. The molecule has 3 aromatic carbocycles. The molecule has 2 amide bonds. The summed E-state index contributed by atoms with van der Waals surface area (Å²) in [6.45, 7) is 1.45. The molecule has 0 fully saturated rings. The predicted molar refractivity (Wildman–Crippen MR) is 105 cm³/mol. The van der Waals surface area contributed by atoms with Crippen molar-refractivity contribution < 1.29 is 14.3 Å². The number of rotatable bonds is 5. The minimum atomic E-state index is -0.436. The molecule has 5 heteroatoms. The summed E-state index contributed by atoms with van der Waals surface area (Å²) < 4.78 is 5.85. The molecular weight excluding hydrogens is 362 g/mol. The Morgan fingerprint density at radius 3 is 2.22 bits per heavy atom. The zero-order chi connectivity index (χ0) is 19.2. The van der Waals surface area contributed by atoms with Crippen LogP contribution in [0.4, 0.5) is 0 Å². The van der Waals surface area contributed by atoms with Crippen LogP contribution < -0.4 is 4.74 Å². The van der Waals surface area contributed by atoms with E-state index in [0.29, 0.717) is 27.6 Å². The van der Waals surface area contributed by atoms with Gasteiger partial charge in [-0.25, -0.2) is 0 Å². The van der Waals surface area contributed by atoms with Crippen molar-refractivity contribution >= 4 is 23.4 Å². The average Bonchev–Trinajstić information content (AvgIpc) is 2.68. The molecule has 0 heterocycles. The van der Waals surface area contributed by atoms with Crippen LogP contribution in [-0.4, -0.2) is 16.7 Å². The normalized spacial score (nSPS) is 10.3. The zero-order valence-corrected chi connectivity index (χ0v) is 15.5. The van der Waals surface area contributed by atoms with Gasteiger partial charge in [0.25, 0.3) is 5.91 Å². The summed E-state index contributed by atoms with van der Waals surface area (Å²) in [5, 5.41) is 0.505. The highest BCUT2D eigenvalue weighted by molar-refractivity contribution is 6.31. The first-order chi connectivity index (χ1) is 13.1. The highest BCUT2D eigenvalue weighted by Gasteiger charge is 2.24. The van der Waals surface area contributed by atoms with Crippen LogP contribution in [0.5, 0.6) is 11.5 Å². The van der Waals surface area contributed by atoms with Crippen LogP contribution in [0.3, 0.4) is 0 Å². The van der Waals surface area contributed by atoms with Crippen molar-refractivity contribution in [3.05, 3.63) is 95.0 Å². The van der Waals surface area contributed by atoms with Gasteiger partial charge in [-0.15, -0.1) is 0 Å². The van der Waals surface area contributed by atoms with Crippen molar-refractivity contribution in [1.82, 2.24) is 4.90 Å². The highest BCUT2D eigenvalue weighted by Crippen LogP contribution is 2.27. The van der Waals surface area contributed by atoms with Crippen LogP contribution in [0.1, 0.15) is 22.8 Å². The van der Waals surface area contributed by atoms with Crippen molar-refractivity contribution in [2.75, 3.05) is 0 Å². The van der Waals surface area contributed by atoms with E-state index >= 15 is 0 Å². The Morgan fingerprint density at radius 2 is 1.52 bits per heavy atom. The number of para-hydroxylation sites is 2. The number of hydrogen-bond donors (Lipinski definition) is 0. The maximum atomic E-state index is 13.1. The first-order valence-electron chi connectivity index (χ1n) is 8.44. The van der Waals surface area contributed by atoms with E-state index in [9.17, 15) is 9.59 Å². The maximum Gasteiger partial charge on any atom is 0.264 e. The van der Waals surface area contributed by atoms with Gasteiger partial charge < -0.3 is 4.74 Å². The van der Waals surface area contributed by atoms with Gasteiger partial charge in [0, 0.05) is 11.9 Å². The summed E-state index contributed by atoms with van der Waals surface area (Å²) in [7, 11) is 0. The van der Waals surface area contributed by atoms with E-state index in [2.05, 4.69) is 0 Å². The van der Waals surface area contributed by atoms with Crippen molar-refractivity contribution in [3.63, 3.8) is 0 Å². The quantitative estimate of drug-likeness (QED) is 0.602. The third-order valence-electron chi connectivity index (χ3n) is 4.00. The Kier molecular flexibility index (Phi) is 5.89. The molecule has 0 N–H and O–H groups in total. The summed E-state index contributed by atoms with van der Waals surface area (Å²) in [6, 6.07) is 23.2. The van der Waals surface area contributed by atoms with Crippen LogP contribution in [0.15, 0.2) is 78.9 Å². The van der Waals surface area contributed by atoms with Gasteiger partial charge in [0.1, 0.15) is 11.5 Å². The van der Waals surface area contributed by atoms with Gasteiger partial charge >= 0.3 is 0 Å². The Hall–Kier alpha value is -3.11. The van der Waals surface area contributed by atoms with Crippen molar-refractivity contribution in [1.29, 1.82) is 0 Å². The summed E-state index contributed by atoms with van der Waals surface area (Å²) in [5.41, 5.74) is 1.01. The molecule has 4 nitrogen and oxygen atoms in total. The fourth-order valence-electron chi connectivity index (χ4n) is 2.62. The lowest BCUT2D eigenvalue weighted by atomic mass is 10.1. The van der Waals surface area contributed by atoms with E-state index < -0.39 is 5.91 Å². The van der Waals surface area contributed by atoms with E-state index in [1.165, 1.54) is 6.92 Å². The summed E-state index contributed by atoms with van der Waals surface area (Å²) in [4.78, 5) is 26.4. The lowest BCUT2D eigenvalue weighted by Crippen LogP contribution is -2.35. The number of ether oxygens (including phenoxy) is 1. The Morgan fingerprint density at radius 1 is 0.889 bits per heavy atom. The van der Waals surface area contributed by atoms with Gasteiger partial charge in [-0.2, -0.15) is 0 Å². The van der Waals surface area contributed by atoms with Crippen LogP contribution >= 0.6 is 11.6 Å². The molecule has 0 unspecified atom stereocenters. The van der Waals surface area contributed by atoms with E-state index in [1.807, 2.05) is 24.3 Å². The van der Waals surface area contributed by atoms with Crippen LogP contribution in [0, 0.1) is 0 Å². The molecule has 0 aliphatic rings.